The fourth-order valence-electron chi connectivity index (χ4n) is 2.01. The molecular formula is C18H13Cl2N3OS2. The Morgan fingerprint density at radius 3 is 2.54 bits per heavy atom. The Bertz CT molecular complexity index is 909. The molecule has 0 unspecified atom stereocenters. The van der Waals surface area contributed by atoms with Crippen molar-refractivity contribution < 1.29 is 4.79 Å². The quantitative estimate of drug-likeness (QED) is 0.310. The minimum absolute atomic E-state index is 0.254. The van der Waals surface area contributed by atoms with Gasteiger partial charge < -0.3 is 0 Å². The highest BCUT2D eigenvalue weighted by atomic mass is 35.5. The molecule has 0 spiro atoms. The van der Waals surface area contributed by atoms with E-state index >= 15 is 0 Å². The van der Waals surface area contributed by atoms with Crippen LogP contribution in [-0.4, -0.2) is 16.1 Å². The molecule has 2 aromatic carbocycles. The predicted molar refractivity (Wildman–Crippen MR) is 110 cm³/mol. The number of amides is 1. The Kier molecular flexibility index (Phi) is 6.68. The largest absolute Gasteiger partial charge is 0.297 e. The van der Waals surface area contributed by atoms with Gasteiger partial charge in [-0.2, -0.15) is 0 Å². The molecule has 1 aromatic heterocycles. The molecule has 1 heterocycles. The molecule has 8 heteroatoms. The van der Waals surface area contributed by atoms with Crippen LogP contribution in [0.2, 0.25) is 10.0 Å². The van der Waals surface area contributed by atoms with Crippen LogP contribution in [0.25, 0.3) is 6.08 Å². The monoisotopic (exact) mass is 421 g/mol. The molecule has 1 N–H and O–H groups in total. The lowest BCUT2D eigenvalue weighted by atomic mass is 10.2. The number of anilines is 1. The maximum atomic E-state index is 12.0. The second-order valence-electron chi connectivity index (χ2n) is 5.10. The minimum atomic E-state index is -0.254. The Hall–Kier alpha value is -1.86. The highest BCUT2D eigenvalue weighted by molar-refractivity contribution is 8.00. The number of nitrogens with zero attached hydrogens (tertiary/aromatic N) is 2. The molecule has 0 aliphatic carbocycles. The molecule has 0 saturated carbocycles. The zero-order chi connectivity index (χ0) is 18.4. The molecule has 26 heavy (non-hydrogen) atoms. The average Bonchev–Trinajstić information content (AvgIpc) is 3.08. The van der Waals surface area contributed by atoms with Gasteiger partial charge in [0.2, 0.25) is 11.0 Å². The van der Waals surface area contributed by atoms with Crippen molar-refractivity contribution in [3.8, 4) is 0 Å². The molecule has 0 fully saturated rings. The second-order valence-corrected chi connectivity index (χ2v) is 8.11. The molecule has 0 atom stereocenters. The van der Waals surface area contributed by atoms with Crippen LogP contribution in [-0.2, 0) is 10.5 Å². The van der Waals surface area contributed by atoms with E-state index in [0.717, 1.165) is 15.5 Å². The molecule has 3 aromatic rings. The first-order valence-corrected chi connectivity index (χ1v) is 10.1. The number of carbonyl (C=O) groups is 1. The van der Waals surface area contributed by atoms with Crippen LogP contribution in [0.1, 0.15) is 11.1 Å². The number of thioether (sulfide) groups is 1. The lowest BCUT2D eigenvalue weighted by molar-refractivity contribution is -0.111. The summed E-state index contributed by atoms with van der Waals surface area (Å²) in [5, 5.41) is 12.4. The van der Waals surface area contributed by atoms with E-state index in [4.69, 9.17) is 23.2 Å². The highest BCUT2D eigenvalue weighted by Crippen LogP contribution is 2.33. The van der Waals surface area contributed by atoms with Crippen molar-refractivity contribution in [1.82, 2.24) is 10.2 Å². The summed E-state index contributed by atoms with van der Waals surface area (Å²) in [7, 11) is 0. The highest BCUT2D eigenvalue weighted by Gasteiger charge is 2.10. The van der Waals surface area contributed by atoms with E-state index in [-0.39, 0.29) is 5.91 Å². The molecule has 0 aliphatic heterocycles. The van der Waals surface area contributed by atoms with Gasteiger partial charge in [-0.15, -0.1) is 10.2 Å². The summed E-state index contributed by atoms with van der Waals surface area (Å²) in [6.45, 7) is 0. The van der Waals surface area contributed by atoms with Gasteiger partial charge in [0.25, 0.3) is 0 Å². The van der Waals surface area contributed by atoms with Crippen LogP contribution < -0.4 is 5.32 Å². The van der Waals surface area contributed by atoms with Gasteiger partial charge in [0.1, 0.15) is 0 Å². The number of hydrogen-bond acceptors (Lipinski definition) is 5. The van der Waals surface area contributed by atoms with Crippen LogP contribution in [0, 0.1) is 0 Å². The van der Waals surface area contributed by atoms with Gasteiger partial charge in [0.05, 0.1) is 0 Å². The fraction of sp³-hybridized carbons (Fsp3) is 0.0556. The van der Waals surface area contributed by atoms with E-state index in [0.29, 0.717) is 20.9 Å². The molecule has 0 aliphatic rings. The van der Waals surface area contributed by atoms with Gasteiger partial charge in [0.15, 0.2) is 4.34 Å². The lowest BCUT2D eigenvalue weighted by Crippen LogP contribution is -2.07. The molecule has 4 nitrogen and oxygen atoms in total. The lowest BCUT2D eigenvalue weighted by Gasteiger charge is -2.04. The SMILES string of the molecule is O=C(C=Cc1ccccc1)Nc1nnc(SCc2c(Cl)cccc2Cl)s1. The van der Waals surface area contributed by atoms with Crippen LogP contribution in [0.15, 0.2) is 58.9 Å². The number of aromatic nitrogens is 2. The third kappa shape index (κ3) is 5.32. The number of benzene rings is 2. The van der Waals surface area contributed by atoms with Crippen LogP contribution in [0.3, 0.4) is 0 Å². The fourth-order valence-corrected chi connectivity index (χ4v) is 4.50. The third-order valence-corrected chi connectivity index (χ3v) is 5.97. The maximum Gasteiger partial charge on any atom is 0.250 e. The Morgan fingerprint density at radius 1 is 1.08 bits per heavy atom. The normalized spacial score (nSPS) is 11.0. The summed E-state index contributed by atoms with van der Waals surface area (Å²) in [5.41, 5.74) is 1.81. The molecule has 0 bridgehead atoms. The van der Waals surface area contributed by atoms with Gasteiger partial charge in [0, 0.05) is 21.9 Å². The summed E-state index contributed by atoms with van der Waals surface area (Å²) >= 11 is 15.1. The van der Waals surface area contributed by atoms with Crippen molar-refractivity contribution in [3.05, 3.63) is 75.8 Å². The summed E-state index contributed by atoms with van der Waals surface area (Å²) in [5.74, 6) is 0.324. The second kappa shape index (κ2) is 9.19. The van der Waals surface area contributed by atoms with Gasteiger partial charge in [-0.05, 0) is 29.3 Å². The molecule has 3 rings (SSSR count). The standard InChI is InChI=1S/C18H13Cl2N3OS2/c19-14-7-4-8-15(20)13(14)11-25-18-23-22-17(26-18)21-16(24)10-9-12-5-2-1-3-6-12/h1-10H,11H2,(H,21,22,24). The van der Waals surface area contributed by atoms with Crippen molar-refractivity contribution in [2.75, 3.05) is 5.32 Å². The summed E-state index contributed by atoms with van der Waals surface area (Å²) < 4.78 is 0.725. The van der Waals surface area contributed by atoms with Crippen molar-refractivity contribution in [3.63, 3.8) is 0 Å². The average molecular weight is 422 g/mol. The van der Waals surface area contributed by atoms with Gasteiger partial charge in [-0.1, -0.05) is 82.7 Å². The van der Waals surface area contributed by atoms with E-state index in [9.17, 15) is 4.79 Å². The van der Waals surface area contributed by atoms with E-state index in [1.807, 2.05) is 30.3 Å². The molecule has 132 valence electrons. The van der Waals surface area contributed by atoms with Gasteiger partial charge >= 0.3 is 0 Å². The predicted octanol–water partition coefficient (Wildman–Crippen LogP) is 5.79. The Balaban J connectivity index is 1.56. The number of halogens is 2. The van der Waals surface area contributed by atoms with E-state index in [1.165, 1.54) is 29.2 Å². The van der Waals surface area contributed by atoms with Crippen LogP contribution >= 0.6 is 46.3 Å². The van der Waals surface area contributed by atoms with E-state index in [1.54, 1.807) is 24.3 Å². The third-order valence-electron chi connectivity index (χ3n) is 3.26. The first-order chi connectivity index (χ1) is 12.6. The first-order valence-electron chi connectivity index (χ1n) is 7.55. The zero-order valence-corrected chi connectivity index (χ0v) is 16.5. The van der Waals surface area contributed by atoms with Crippen LogP contribution in [0.4, 0.5) is 5.13 Å². The van der Waals surface area contributed by atoms with Crippen molar-refractivity contribution >= 4 is 63.4 Å². The van der Waals surface area contributed by atoms with Crippen molar-refractivity contribution in [2.24, 2.45) is 0 Å². The van der Waals surface area contributed by atoms with Gasteiger partial charge in [-0.25, -0.2) is 0 Å². The minimum Gasteiger partial charge on any atom is -0.297 e. The van der Waals surface area contributed by atoms with Gasteiger partial charge in [-0.3, -0.25) is 10.1 Å². The molecule has 1 amide bonds. The molecule has 0 saturated heterocycles. The van der Waals surface area contributed by atoms with Crippen molar-refractivity contribution in [1.29, 1.82) is 0 Å². The summed E-state index contributed by atoms with van der Waals surface area (Å²) in [4.78, 5) is 12.0. The molecular weight excluding hydrogens is 409 g/mol. The number of nitrogens with one attached hydrogen (secondary N) is 1. The maximum absolute atomic E-state index is 12.0. The smallest absolute Gasteiger partial charge is 0.250 e. The van der Waals surface area contributed by atoms with Crippen molar-refractivity contribution in [2.45, 2.75) is 10.1 Å². The topological polar surface area (TPSA) is 54.9 Å². The molecule has 0 radical (unpaired) electrons. The van der Waals surface area contributed by atoms with E-state index in [2.05, 4.69) is 15.5 Å². The Labute approximate surface area is 169 Å². The first kappa shape index (κ1) is 18.9. The van der Waals surface area contributed by atoms with Crippen LogP contribution in [0.5, 0.6) is 0 Å². The number of carbonyl (C=O) groups excluding carboxylic acids is 1. The van der Waals surface area contributed by atoms with E-state index < -0.39 is 0 Å². The number of hydrogen-bond donors (Lipinski definition) is 1. The number of rotatable bonds is 6. The summed E-state index contributed by atoms with van der Waals surface area (Å²) in [6, 6.07) is 15.0. The summed E-state index contributed by atoms with van der Waals surface area (Å²) in [6.07, 6.45) is 3.21. The zero-order valence-electron chi connectivity index (χ0n) is 13.4. The Morgan fingerprint density at radius 2 is 1.81 bits per heavy atom.